The molecule has 0 saturated carbocycles. The summed E-state index contributed by atoms with van der Waals surface area (Å²) < 4.78 is 63.5. The minimum absolute atomic E-state index is 0.0306. The molecule has 1 N–H and O–H groups in total. The van der Waals surface area contributed by atoms with Gasteiger partial charge in [-0.15, -0.1) is 4.36 Å². The second-order valence-electron chi connectivity index (χ2n) is 9.48. The summed E-state index contributed by atoms with van der Waals surface area (Å²) in [7, 11) is -2.87. The predicted molar refractivity (Wildman–Crippen MR) is 143 cm³/mol. The number of carbonyl (C=O) groups excluding carboxylic acids is 1. The molecule has 1 aliphatic rings. The third kappa shape index (κ3) is 6.26. The summed E-state index contributed by atoms with van der Waals surface area (Å²) >= 11 is 0. The normalized spacial score (nSPS) is 15.6. The van der Waals surface area contributed by atoms with Crippen molar-refractivity contribution in [2.45, 2.75) is 43.4 Å². The SMILES string of the molecule is Cc1c(-c2cccc(C(F)(F)F)c2)c(=O)c(C(=O)NCc2ccc(S(C)(=O)=NC#N)cc2)cn1C1CCOCC1. The second-order valence-corrected chi connectivity index (χ2v) is 11.7. The lowest BCUT2D eigenvalue weighted by atomic mass is 9.97. The number of rotatable bonds is 6. The number of benzene rings is 2. The van der Waals surface area contributed by atoms with E-state index in [1.54, 1.807) is 41.9 Å². The number of aromatic nitrogens is 1. The molecular formula is C28H27F3N4O4S. The molecule has 1 amide bonds. The third-order valence-corrected chi connectivity index (χ3v) is 8.40. The van der Waals surface area contributed by atoms with Crippen LogP contribution in [-0.2, 0) is 27.2 Å². The van der Waals surface area contributed by atoms with Crippen LogP contribution in [0.1, 0.15) is 46.1 Å². The Balaban J connectivity index is 1.71. The molecule has 12 heteroatoms. The lowest BCUT2D eigenvalue weighted by molar-refractivity contribution is -0.137. The number of carbonyl (C=O) groups is 1. The number of ether oxygens (including phenoxy) is 1. The maximum Gasteiger partial charge on any atom is 0.416 e. The van der Waals surface area contributed by atoms with Crippen molar-refractivity contribution < 1.29 is 26.9 Å². The Kier molecular flexibility index (Phi) is 8.46. The fraction of sp³-hybridized carbons (Fsp3) is 0.321. The van der Waals surface area contributed by atoms with Crippen molar-refractivity contribution in [2.75, 3.05) is 19.5 Å². The molecule has 0 radical (unpaired) electrons. The number of hydrogen-bond acceptors (Lipinski definition) is 6. The van der Waals surface area contributed by atoms with Crippen LogP contribution >= 0.6 is 0 Å². The summed E-state index contributed by atoms with van der Waals surface area (Å²) in [4.78, 5) is 27.2. The van der Waals surface area contributed by atoms with Crippen LogP contribution in [0.15, 0.2) is 68.8 Å². The van der Waals surface area contributed by atoms with Gasteiger partial charge in [0.25, 0.3) is 5.91 Å². The van der Waals surface area contributed by atoms with Crippen LogP contribution in [0.2, 0.25) is 0 Å². The first-order chi connectivity index (χ1) is 18.9. The Morgan fingerprint density at radius 2 is 1.88 bits per heavy atom. The van der Waals surface area contributed by atoms with Gasteiger partial charge in [0.05, 0.1) is 15.3 Å². The van der Waals surface area contributed by atoms with Crippen molar-refractivity contribution in [3.8, 4) is 17.3 Å². The van der Waals surface area contributed by atoms with E-state index in [2.05, 4.69) is 9.68 Å². The molecule has 1 fully saturated rings. The number of halogens is 3. The van der Waals surface area contributed by atoms with E-state index in [9.17, 15) is 27.0 Å². The third-order valence-electron chi connectivity index (χ3n) is 6.83. The predicted octanol–water partition coefficient (Wildman–Crippen LogP) is 5.06. The molecule has 0 spiro atoms. The average Bonchev–Trinajstić information content (AvgIpc) is 2.92. The van der Waals surface area contributed by atoms with E-state index >= 15 is 0 Å². The van der Waals surface area contributed by atoms with Crippen LogP contribution in [-0.4, -0.2) is 34.2 Å². The van der Waals surface area contributed by atoms with E-state index in [1.807, 2.05) is 0 Å². The van der Waals surface area contributed by atoms with Gasteiger partial charge in [-0.2, -0.15) is 18.4 Å². The molecule has 0 aliphatic carbocycles. The van der Waals surface area contributed by atoms with Gasteiger partial charge in [-0.1, -0.05) is 24.3 Å². The minimum atomic E-state index is -4.60. The largest absolute Gasteiger partial charge is 0.416 e. The minimum Gasteiger partial charge on any atom is -0.381 e. The molecule has 1 aromatic heterocycles. The summed E-state index contributed by atoms with van der Waals surface area (Å²) in [5, 5.41) is 11.4. The zero-order chi connectivity index (χ0) is 29.1. The summed E-state index contributed by atoms with van der Waals surface area (Å²) in [6, 6.07) is 10.8. The van der Waals surface area contributed by atoms with E-state index in [0.717, 1.165) is 12.1 Å². The van der Waals surface area contributed by atoms with Gasteiger partial charge in [0, 0.05) is 54.4 Å². The van der Waals surface area contributed by atoms with Gasteiger partial charge >= 0.3 is 6.18 Å². The molecule has 8 nitrogen and oxygen atoms in total. The molecule has 3 aromatic rings. The highest BCUT2D eigenvalue weighted by atomic mass is 32.2. The van der Waals surface area contributed by atoms with Crippen LogP contribution < -0.4 is 10.7 Å². The number of pyridine rings is 1. The highest BCUT2D eigenvalue weighted by Gasteiger charge is 2.31. The summed E-state index contributed by atoms with van der Waals surface area (Å²) in [5.74, 6) is -0.679. The molecule has 1 aliphatic heterocycles. The van der Waals surface area contributed by atoms with Gasteiger partial charge in [0.15, 0.2) is 0 Å². The fourth-order valence-corrected chi connectivity index (χ4v) is 5.59. The van der Waals surface area contributed by atoms with Gasteiger partial charge in [-0.3, -0.25) is 9.59 Å². The lowest BCUT2D eigenvalue weighted by Gasteiger charge is -2.28. The topological polar surface area (TPSA) is 114 Å². The zero-order valence-electron chi connectivity index (χ0n) is 21.8. The average molecular weight is 573 g/mol. The number of alkyl halides is 3. The van der Waals surface area contributed by atoms with Crippen LogP contribution in [0.4, 0.5) is 13.2 Å². The quantitative estimate of drug-likeness (QED) is 0.415. The molecule has 2 aromatic carbocycles. The first-order valence-electron chi connectivity index (χ1n) is 12.4. The smallest absolute Gasteiger partial charge is 0.381 e. The van der Waals surface area contributed by atoms with Crippen molar-refractivity contribution in [3.63, 3.8) is 0 Å². The Bertz CT molecular complexity index is 1640. The number of nitrogens with zero attached hydrogens (tertiary/aromatic N) is 3. The molecule has 0 bridgehead atoms. The van der Waals surface area contributed by atoms with E-state index < -0.39 is 32.8 Å². The highest BCUT2D eigenvalue weighted by molar-refractivity contribution is 7.93. The first kappa shape index (κ1) is 29.0. The number of amides is 1. The van der Waals surface area contributed by atoms with Crippen LogP contribution in [0, 0.1) is 18.4 Å². The van der Waals surface area contributed by atoms with Crippen molar-refractivity contribution in [1.82, 2.24) is 9.88 Å². The molecule has 4 rings (SSSR count). The monoisotopic (exact) mass is 572 g/mol. The van der Waals surface area contributed by atoms with Crippen LogP contribution in [0.25, 0.3) is 11.1 Å². The van der Waals surface area contributed by atoms with E-state index in [1.165, 1.54) is 24.6 Å². The van der Waals surface area contributed by atoms with Crippen molar-refractivity contribution in [3.05, 3.63) is 87.3 Å². The Hall–Kier alpha value is -3.95. The number of nitrogens with one attached hydrogen (secondary N) is 1. The van der Waals surface area contributed by atoms with E-state index in [-0.39, 0.29) is 29.3 Å². The van der Waals surface area contributed by atoms with Gasteiger partial charge in [-0.25, -0.2) is 4.21 Å². The maximum absolute atomic E-state index is 13.6. The maximum atomic E-state index is 13.6. The first-order valence-corrected chi connectivity index (χ1v) is 14.3. The van der Waals surface area contributed by atoms with Gasteiger partial charge in [-0.05, 0) is 55.2 Å². The van der Waals surface area contributed by atoms with Crippen LogP contribution in [0.5, 0.6) is 0 Å². The molecule has 2 heterocycles. The lowest BCUT2D eigenvalue weighted by Crippen LogP contribution is -2.32. The second kappa shape index (κ2) is 11.7. The molecule has 1 atom stereocenters. The number of nitriles is 1. The Labute approximate surface area is 229 Å². The van der Waals surface area contributed by atoms with Crippen LogP contribution in [0.3, 0.4) is 0 Å². The van der Waals surface area contributed by atoms with Gasteiger partial charge < -0.3 is 14.6 Å². The summed E-state index contributed by atoms with van der Waals surface area (Å²) in [6.45, 7) is 2.67. The van der Waals surface area contributed by atoms with Crippen molar-refractivity contribution in [2.24, 2.45) is 4.36 Å². The molecule has 1 unspecified atom stereocenters. The molecular weight excluding hydrogens is 545 g/mol. The fourth-order valence-electron chi connectivity index (χ4n) is 4.69. The van der Waals surface area contributed by atoms with E-state index in [4.69, 9.17) is 10.00 Å². The van der Waals surface area contributed by atoms with Gasteiger partial charge in [0.2, 0.25) is 11.6 Å². The standard InChI is InChI=1S/C28H27F3N4O4S/c1-18-25(20-4-3-5-21(14-20)28(29,30)31)26(36)24(16-35(18)22-10-12-39-13-11-22)27(37)33-15-19-6-8-23(9-7-19)40(2,38)34-17-32/h3-9,14,16,22H,10-13,15H2,1-2H3,(H,33,37). The summed E-state index contributed by atoms with van der Waals surface area (Å²) in [6.07, 6.45) is 1.01. The zero-order valence-corrected chi connectivity index (χ0v) is 22.6. The van der Waals surface area contributed by atoms with Crippen molar-refractivity contribution >= 4 is 15.6 Å². The van der Waals surface area contributed by atoms with E-state index in [0.29, 0.717) is 42.2 Å². The Morgan fingerprint density at radius 3 is 2.50 bits per heavy atom. The highest BCUT2D eigenvalue weighted by Crippen LogP contribution is 2.33. The summed E-state index contributed by atoms with van der Waals surface area (Å²) in [5.41, 5.74) is -0.531. The molecule has 210 valence electrons. The molecule has 1 saturated heterocycles. The van der Waals surface area contributed by atoms with Gasteiger partial charge in [0.1, 0.15) is 5.56 Å². The Morgan fingerprint density at radius 1 is 1.20 bits per heavy atom. The molecule has 40 heavy (non-hydrogen) atoms. The van der Waals surface area contributed by atoms with Crippen molar-refractivity contribution in [1.29, 1.82) is 5.26 Å². The number of hydrogen-bond donors (Lipinski definition) is 1.